The van der Waals surface area contributed by atoms with Crippen molar-refractivity contribution in [2.75, 3.05) is 44.9 Å². The van der Waals surface area contributed by atoms with Crippen LogP contribution in [0.4, 0.5) is 4.79 Å². The van der Waals surface area contributed by atoms with E-state index in [1.807, 2.05) is 30.3 Å². The highest BCUT2D eigenvalue weighted by atomic mass is 32.2. The molecular formula is C24H37N5O6S. The summed E-state index contributed by atoms with van der Waals surface area (Å²) < 4.78 is 10.3. The van der Waals surface area contributed by atoms with Gasteiger partial charge in [0.05, 0.1) is 19.3 Å². The molecule has 200 valence electrons. The van der Waals surface area contributed by atoms with Crippen molar-refractivity contribution in [2.45, 2.75) is 44.5 Å². The maximum Gasteiger partial charge on any atom is 0.325 e. The maximum atomic E-state index is 13.3. The highest BCUT2D eigenvalue weighted by Gasteiger charge is 2.29. The number of nitrogens with zero attached hydrogens (tertiary/aromatic N) is 1. The van der Waals surface area contributed by atoms with Crippen molar-refractivity contribution in [1.29, 1.82) is 0 Å². The van der Waals surface area contributed by atoms with Gasteiger partial charge in [0.2, 0.25) is 11.8 Å². The van der Waals surface area contributed by atoms with E-state index in [9.17, 15) is 19.2 Å². The summed E-state index contributed by atoms with van der Waals surface area (Å²) in [6, 6.07) is 6.12. The number of carbonyl (C=O) groups excluding carboxylic acids is 4. The first kappa shape index (κ1) is 29.4. The molecule has 1 aromatic rings. The predicted molar refractivity (Wildman–Crippen MR) is 137 cm³/mol. The van der Waals surface area contributed by atoms with Crippen LogP contribution in [0.5, 0.6) is 0 Å². The van der Waals surface area contributed by atoms with Crippen molar-refractivity contribution < 1.29 is 28.7 Å². The third-order valence-electron chi connectivity index (χ3n) is 5.31. The summed E-state index contributed by atoms with van der Waals surface area (Å²) in [6.07, 6.45) is 1.74. The highest BCUT2D eigenvalue weighted by Crippen LogP contribution is 2.07. The number of amides is 4. The van der Waals surface area contributed by atoms with Gasteiger partial charge in [-0.3, -0.25) is 14.4 Å². The van der Waals surface area contributed by atoms with Crippen LogP contribution in [0.3, 0.4) is 0 Å². The van der Waals surface area contributed by atoms with E-state index in [0.717, 1.165) is 5.56 Å². The fourth-order valence-electron chi connectivity index (χ4n) is 3.42. The zero-order valence-corrected chi connectivity index (χ0v) is 21.8. The quantitative estimate of drug-likeness (QED) is 0.277. The molecule has 0 spiro atoms. The van der Waals surface area contributed by atoms with Gasteiger partial charge in [-0.1, -0.05) is 30.3 Å². The molecule has 0 bridgehead atoms. The Hall–Kier alpha value is -2.83. The van der Waals surface area contributed by atoms with Crippen LogP contribution in [0.1, 0.15) is 19.4 Å². The molecule has 1 aliphatic heterocycles. The predicted octanol–water partition coefficient (Wildman–Crippen LogP) is -0.118. The van der Waals surface area contributed by atoms with Crippen LogP contribution in [0.25, 0.3) is 0 Å². The van der Waals surface area contributed by atoms with E-state index in [-0.39, 0.29) is 25.1 Å². The number of esters is 1. The summed E-state index contributed by atoms with van der Waals surface area (Å²) >= 11 is 1.37. The minimum absolute atomic E-state index is 0.133. The van der Waals surface area contributed by atoms with Crippen LogP contribution in [-0.4, -0.2) is 97.8 Å². The standard InChI is InChI=1S/C24H37N5O6S/c1-16(2)35-23(32)18(25)14-26-21(30)20(15-36-3)27-22(31)19(13-17-7-5-4-6-8-17)28-24(33)29-9-11-34-12-10-29/h4-8,16,18-20H,9-15,25H2,1-3H3,(H,26,30)(H,27,31)(H,28,33)/t18-,19-,20-/m0/s1. The summed E-state index contributed by atoms with van der Waals surface area (Å²) in [4.78, 5) is 52.4. The fraction of sp³-hybridized carbons (Fsp3) is 0.583. The Kier molecular flexibility index (Phi) is 12.5. The molecule has 0 unspecified atom stereocenters. The molecule has 3 atom stereocenters. The van der Waals surface area contributed by atoms with Gasteiger partial charge in [-0.15, -0.1) is 0 Å². The van der Waals surface area contributed by atoms with E-state index in [2.05, 4.69) is 16.0 Å². The molecule has 4 amide bonds. The Morgan fingerprint density at radius 1 is 1.06 bits per heavy atom. The lowest BCUT2D eigenvalue weighted by Crippen LogP contribution is -2.58. The molecule has 0 saturated carbocycles. The molecule has 5 N–H and O–H groups in total. The zero-order valence-electron chi connectivity index (χ0n) is 21.0. The molecule has 12 heteroatoms. The Bertz CT molecular complexity index is 866. The molecule has 1 aliphatic rings. The van der Waals surface area contributed by atoms with Gasteiger partial charge >= 0.3 is 12.0 Å². The van der Waals surface area contributed by atoms with E-state index in [1.54, 1.807) is 25.0 Å². The Balaban J connectivity index is 2.05. The van der Waals surface area contributed by atoms with Gasteiger partial charge in [0.1, 0.15) is 18.1 Å². The second-order valence-electron chi connectivity index (χ2n) is 8.65. The van der Waals surface area contributed by atoms with Crippen molar-refractivity contribution >= 4 is 35.6 Å². The Morgan fingerprint density at radius 2 is 1.72 bits per heavy atom. The molecule has 36 heavy (non-hydrogen) atoms. The molecule has 0 aromatic heterocycles. The first-order valence-electron chi connectivity index (χ1n) is 11.9. The van der Waals surface area contributed by atoms with Crippen molar-refractivity contribution in [2.24, 2.45) is 5.73 Å². The summed E-state index contributed by atoms with van der Waals surface area (Å²) in [6.45, 7) is 5.02. The van der Waals surface area contributed by atoms with Crippen LogP contribution in [0, 0.1) is 0 Å². The second kappa shape index (κ2) is 15.3. The third kappa shape index (κ3) is 10.0. The zero-order chi connectivity index (χ0) is 26.5. The number of rotatable bonds is 12. The van der Waals surface area contributed by atoms with E-state index < -0.39 is 35.9 Å². The van der Waals surface area contributed by atoms with Crippen molar-refractivity contribution in [3.05, 3.63) is 35.9 Å². The number of thioether (sulfide) groups is 1. The number of morpholine rings is 1. The third-order valence-corrected chi connectivity index (χ3v) is 5.98. The van der Waals surface area contributed by atoms with Crippen LogP contribution in [0.2, 0.25) is 0 Å². The van der Waals surface area contributed by atoms with E-state index >= 15 is 0 Å². The average molecular weight is 524 g/mol. The van der Waals surface area contributed by atoms with E-state index in [1.165, 1.54) is 11.8 Å². The molecule has 11 nitrogen and oxygen atoms in total. The second-order valence-corrected chi connectivity index (χ2v) is 9.56. The highest BCUT2D eigenvalue weighted by molar-refractivity contribution is 7.98. The van der Waals surface area contributed by atoms with Gasteiger partial charge in [0, 0.05) is 31.8 Å². The molecule has 1 heterocycles. The van der Waals surface area contributed by atoms with E-state index in [4.69, 9.17) is 15.2 Å². The van der Waals surface area contributed by atoms with Gasteiger partial charge in [0.25, 0.3) is 0 Å². The summed E-state index contributed by atoms with van der Waals surface area (Å²) in [5, 5.41) is 8.15. The fourth-order valence-corrected chi connectivity index (χ4v) is 3.99. The van der Waals surface area contributed by atoms with Gasteiger partial charge in [-0.25, -0.2) is 4.79 Å². The lowest BCUT2D eigenvalue weighted by molar-refractivity contribution is -0.148. The van der Waals surface area contributed by atoms with Crippen LogP contribution in [-0.2, 0) is 30.3 Å². The number of nitrogens with one attached hydrogen (secondary N) is 3. The molecular weight excluding hydrogens is 486 g/mol. The number of hydrogen-bond donors (Lipinski definition) is 4. The van der Waals surface area contributed by atoms with Crippen LogP contribution in [0.15, 0.2) is 30.3 Å². The number of urea groups is 1. The average Bonchev–Trinajstić information content (AvgIpc) is 2.87. The van der Waals surface area contributed by atoms with Crippen molar-refractivity contribution in [1.82, 2.24) is 20.9 Å². The first-order chi connectivity index (χ1) is 17.2. The Labute approximate surface area is 216 Å². The summed E-state index contributed by atoms with van der Waals surface area (Å²) in [7, 11) is 0. The van der Waals surface area contributed by atoms with Crippen molar-refractivity contribution in [3.63, 3.8) is 0 Å². The first-order valence-corrected chi connectivity index (χ1v) is 13.3. The summed E-state index contributed by atoms with van der Waals surface area (Å²) in [5.74, 6) is -1.30. The lowest BCUT2D eigenvalue weighted by atomic mass is 10.0. The van der Waals surface area contributed by atoms with Crippen LogP contribution < -0.4 is 21.7 Å². The molecule has 0 aliphatic carbocycles. The smallest absolute Gasteiger partial charge is 0.325 e. The number of benzene rings is 1. The topological polar surface area (TPSA) is 152 Å². The number of ether oxygens (including phenoxy) is 2. The molecule has 1 saturated heterocycles. The molecule has 1 fully saturated rings. The number of carbonyl (C=O) groups is 4. The Morgan fingerprint density at radius 3 is 2.33 bits per heavy atom. The van der Waals surface area contributed by atoms with Crippen LogP contribution >= 0.6 is 11.8 Å². The number of nitrogens with two attached hydrogens (primary N) is 1. The molecule has 0 radical (unpaired) electrons. The van der Waals surface area contributed by atoms with Gasteiger partial charge in [-0.05, 0) is 25.7 Å². The largest absolute Gasteiger partial charge is 0.462 e. The summed E-state index contributed by atoms with van der Waals surface area (Å²) in [5.41, 5.74) is 6.67. The van der Waals surface area contributed by atoms with E-state index in [0.29, 0.717) is 32.1 Å². The van der Waals surface area contributed by atoms with Gasteiger partial charge in [-0.2, -0.15) is 11.8 Å². The minimum atomic E-state index is -1.03. The normalized spacial score (nSPS) is 16.0. The van der Waals surface area contributed by atoms with Gasteiger partial charge in [0.15, 0.2) is 0 Å². The van der Waals surface area contributed by atoms with Gasteiger partial charge < -0.3 is 36.1 Å². The molecule has 2 rings (SSSR count). The van der Waals surface area contributed by atoms with Crippen molar-refractivity contribution in [3.8, 4) is 0 Å². The maximum absolute atomic E-state index is 13.3. The lowest BCUT2D eigenvalue weighted by Gasteiger charge is -2.29. The minimum Gasteiger partial charge on any atom is -0.462 e. The monoisotopic (exact) mass is 523 g/mol. The number of hydrogen-bond acceptors (Lipinski definition) is 8. The SMILES string of the molecule is CSC[C@H](NC(=O)[C@H](Cc1ccccc1)NC(=O)N1CCOCC1)C(=O)NC[C@H](N)C(=O)OC(C)C. The molecule has 1 aromatic carbocycles.